The van der Waals surface area contributed by atoms with E-state index in [-0.39, 0.29) is 86.9 Å². The van der Waals surface area contributed by atoms with Crippen LogP contribution in [-0.4, -0.2) is 95.1 Å². The molecule has 0 aromatic heterocycles. The number of nitrogens with zero attached hydrogens (tertiary/aromatic N) is 7. The van der Waals surface area contributed by atoms with E-state index in [2.05, 4.69) is 30.7 Å². The van der Waals surface area contributed by atoms with Crippen LogP contribution in [0.5, 0.6) is 5.75 Å². The second-order valence-corrected chi connectivity index (χ2v) is 14.6. The van der Waals surface area contributed by atoms with Gasteiger partial charge in [0.2, 0.25) is 0 Å². The zero-order chi connectivity index (χ0) is 39.7. The number of benzene rings is 6. The van der Waals surface area contributed by atoms with Crippen LogP contribution >= 0.6 is 0 Å². The summed E-state index contributed by atoms with van der Waals surface area (Å²) in [5, 5.41) is 45.7. The molecule has 0 aliphatic rings. The Hall–Kier alpha value is -5.00. The maximum absolute atomic E-state index is 12.4. The van der Waals surface area contributed by atoms with Crippen LogP contribution in [0, 0.1) is 17.0 Å². The number of rotatable bonds is 10. The Kier molecular flexibility index (Phi) is 14.2. The number of aromatic hydroxyl groups is 1. The molecule has 22 heteroatoms. The first kappa shape index (κ1) is 44.7. The van der Waals surface area contributed by atoms with Gasteiger partial charge in [-0.2, -0.15) is 37.3 Å². The quantitative estimate of drug-likeness (QED) is 0.0217. The minimum absolute atomic E-state index is 0. The molecule has 6 aromatic carbocycles. The largest absolute Gasteiger partial charge is 0.505 e. The molecule has 6 rings (SSSR count). The van der Waals surface area contributed by atoms with Gasteiger partial charge in [0.15, 0.2) is 5.75 Å². The van der Waals surface area contributed by atoms with Gasteiger partial charge in [0.1, 0.15) is 21.2 Å². The Balaban J connectivity index is 0.00000360. The molecule has 0 heterocycles. The smallest absolute Gasteiger partial charge is 0.296 e. The van der Waals surface area contributed by atoms with Gasteiger partial charge in [0.05, 0.1) is 38.7 Å². The molecule has 6 aromatic rings. The molecule has 280 valence electrons. The van der Waals surface area contributed by atoms with Crippen molar-refractivity contribution in [1.29, 1.82) is 0 Å². The predicted molar refractivity (Wildman–Crippen MR) is 214 cm³/mol. The molecule has 0 unspecified atom stereocenters. The summed E-state index contributed by atoms with van der Waals surface area (Å²) < 4.78 is 69.6. The number of phenols is 1. The number of fused-ring (bicyclic) bond motifs is 1. The van der Waals surface area contributed by atoms with Crippen LogP contribution in [0.1, 0.15) is 5.56 Å². The van der Waals surface area contributed by atoms with Crippen LogP contribution in [0.25, 0.3) is 21.9 Å². The van der Waals surface area contributed by atoms with E-state index in [4.69, 9.17) is 11.5 Å². The molecular weight excluding hydrogens is 801 g/mol. The van der Waals surface area contributed by atoms with Crippen molar-refractivity contribution >= 4 is 141 Å². The zero-order valence-corrected chi connectivity index (χ0v) is 35.8. The van der Waals surface area contributed by atoms with Gasteiger partial charge in [-0.05, 0) is 95.7 Å². The number of nitrogens with two attached hydrogens (primary N) is 2. The van der Waals surface area contributed by atoms with Crippen LogP contribution in [0.3, 0.4) is 0 Å². The van der Waals surface area contributed by atoms with E-state index in [1.807, 2.05) is 19.1 Å². The Labute approximate surface area is 368 Å². The molecule has 0 spiro atoms. The van der Waals surface area contributed by atoms with Gasteiger partial charge < -0.3 is 16.6 Å². The Morgan fingerprint density at radius 2 is 1.05 bits per heavy atom. The number of aryl methyl sites for hydroxylation is 1. The third-order valence-corrected chi connectivity index (χ3v) is 9.76. The van der Waals surface area contributed by atoms with Gasteiger partial charge in [-0.15, -0.1) is 10.2 Å². The van der Waals surface area contributed by atoms with Crippen molar-refractivity contribution in [2.24, 2.45) is 30.7 Å². The number of anilines is 2. The minimum atomic E-state index is -5.13. The number of nitrogen functional groups attached to an aromatic ring is 2. The van der Waals surface area contributed by atoms with E-state index in [1.54, 1.807) is 54.6 Å². The second-order valence-electron chi connectivity index (χ2n) is 11.8. The number of hydrogen-bond acceptors (Lipinski definition) is 15. The molecule has 0 atom stereocenters. The van der Waals surface area contributed by atoms with Gasteiger partial charge in [-0.3, -0.25) is 19.2 Å². The van der Waals surface area contributed by atoms with Crippen molar-refractivity contribution in [3.05, 3.63) is 119 Å². The number of hydrogen-bond donors (Lipinski definition) is 5. The van der Waals surface area contributed by atoms with Crippen molar-refractivity contribution < 1.29 is 36.0 Å². The molecule has 0 saturated heterocycles. The Morgan fingerprint density at radius 3 is 1.51 bits per heavy atom. The summed E-state index contributed by atoms with van der Waals surface area (Å²) >= 11 is 0. The van der Waals surface area contributed by atoms with Crippen molar-refractivity contribution in [2.45, 2.75) is 16.7 Å². The van der Waals surface area contributed by atoms with Crippen molar-refractivity contribution in [3.8, 4) is 16.9 Å². The maximum Gasteiger partial charge on any atom is 0.296 e. The van der Waals surface area contributed by atoms with Gasteiger partial charge in [-0.25, -0.2) is 0 Å². The molecule has 0 bridgehead atoms. The number of non-ortho nitro benzene ring substituents is 1. The maximum atomic E-state index is 12.4. The normalized spacial score (nSPS) is 11.9. The predicted octanol–water partition coefficient (Wildman–Crippen LogP) is 8.57. The number of nitro groups is 1. The summed E-state index contributed by atoms with van der Waals surface area (Å²) in [4.78, 5) is 8.44. The summed E-state index contributed by atoms with van der Waals surface area (Å²) in [5.41, 5.74) is 14.5. The molecule has 0 aliphatic carbocycles. The van der Waals surface area contributed by atoms with Crippen molar-refractivity contribution in [1.82, 2.24) is 0 Å². The molecule has 0 amide bonds. The third kappa shape index (κ3) is 10.3. The first-order valence-electron chi connectivity index (χ1n) is 15.6. The van der Waals surface area contributed by atoms with E-state index in [1.165, 1.54) is 12.1 Å². The number of phenolic OH excluding ortho intramolecular Hbond substituents is 1. The summed E-state index contributed by atoms with van der Waals surface area (Å²) in [6.07, 6.45) is 0. The molecule has 0 aliphatic heterocycles. The summed E-state index contributed by atoms with van der Waals surface area (Å²) in [6, 6.07) is 25.3. The third-order valence-electron chi connectivity index (χ3n) is 8.02. The molecule has 2 radical (unpaired) electrons. The topological polar surface area (TPSA) is 298 Å². The van der Waals surface area contributed by atoms with Crippen molar-refractivity contribution in [3.63, 3.8) is 0 Å². The van der Waals surface area contributed by atoms with Gasteiger partial charge in [-0.1, -0.05) is 24.3 Å². The molecule has 7 N–H and O–H groups in total. The van der Waals surface area contributed by atoms with Crippen molar-refractivity contribution in [2.75, 3.05) is 11.5 Å². The van der Waals surface area contributed by atoms with E-state index in [0.29, 0.717) is 17.1 Å². The van der Waals surface area contributed by atoms with Gasteiger partial charge in [0.25, 0.3) is 25.9 Å². The summed E-state index contributed by atoms with van der Waals surface area (Å²) in [5.74, 6) is -0.930. The van der Waals surface area contributed by atoms with Gasteiger partial charge in [0, 0.05) is 76.9 Å². The molecular formula is C35H27N9Na2O9S2. The van der Waals surface area contributed by atoms with E-state index < -0.39 is 57.8 Å². The van der Waals surface area contributed by atoms with E-state index in [9.17, 15) is 41.2 Å². The Morgan fingerprint density at radius 1 is 0.614 bits per heavy atom. The fraction of sp³-hybridized carbons (Fsp3) is 0.0286. The second kappa shape index (κ2) is 18.1. The minimum Gasteiger partial charge on any atom is -0.505 e. The Bertz CT molecular complexity index is 2820. The van der Waals surface area contributed by atoms with Crippen LogP contribution in [0.4, 0.5) is 51.2 Å². The fourth-order valence-corrected chi connectivity index (χ4v) is 6.63. The fourth-order valence-electron chi connectivity index (χ4n) is 5.30. The first-order chi connectivity index (χ1) is 26.0. The number of nitro benzene ring substituents is 1. The first-order valence-corrected chi connectivity index (χ1v) is 18.5. The van der Waals surface area contributed by atoms with Crippen LogP contribution in [0.2, 0.25) is 0 Å². The number of azo groups is 3. The average Bonchev–Trinajstić information content (AvgIpc) is 3.13. The average molecular weight is 828 g/mol. The summed E-state index contributed by atoms with van der Waals surface area (Å²) in [7, 11) is -10.2. The van der Waals surface area contributed by atoms with Crippen LogP contribution in [0.15, 0.2) is 144 Å². The van der Waals surface area contributed by atoms with Crippen LogP contribution < -0.4 is 11.5 Å². The molecule has 18 nitrogen and oxygen atoms in total. The SMILES string of the molecule is Cc1cc(N)ccc1N=Nc1ccc(-c2ccc(N=Nc3c(S(=O)(=O)O)cc4cc(S(=O)(=O)O)c(N=Nc5ccc([N+](=O)[O-])cc5)c(N)c4c3O)cc2)cc1.[Na].[Na]. The standard InChI is InChI=1S/C35H27N9O9S2.2Na/c1-19-16-23(36)6-15-28(19)41-38-24-7-2-20(3-8-24)21-4-9-25(10-5-21)40-43-34-30(55(51,52)53)18-22-17-29(54(48,49)50)33(32(37)31(22)35(34)45)42-39-26-11-13-27(14-12-26)44(46)47;;/h2-18,45H,36-37H2,1H3,(H,48,49,50)(H,51,52,53);;. The molecule has 0 fully saturated rings. The zero-order valence-electron chi connectivity index (χ0n) is 30.2. The molecule has 0 saturated carbocycles. The monoisotopic (exact) mass is 827 g/mol. The van der Waals surface area contributed by atoms with Gasteiger partial charge >= 0.3 is 0 Å². The van der Waals surface area contributed by atoms with Crippen LogP contribution in [-0.2, 0) is 20.2 Å². The summed E-state index contributed by atoms with van der Waals surface area (Å²) in [6.45, 7) is 1.88. The van der Waals surface area contributed by atoms with E-state index >= 15 is 0 Å². The molecule has 57 heavy (non-hydrogen) atoms. The van der Waals surface area contributed by atoms with E-state index in [0.717, 1.165) is 41.0 Å².